The van der Waals surface area contributed by atoms with Crippen molar-refractivity contribution in [2.45, 2.75) is 31.9 Å². The van der Waals surface area contributed by atoms with Crippen LogP contribution in [0.3, 0.4) is 0 Å². The Hall–Kier alpha value is -1.33. The van der Waals surface area contributed by atoms with Crippen LogP contribution in [0.15, 0.2) is 18.2 Å². The van der Waals surface area contributed by atoms with E-state index in [0.29, 0.717) is 0 Å². The summed E-state index contributed by atoms with van der Waals surface area (Å²) in [5.41, 5.74) is 2.13. The van der Waals surface area contributed by atoms with Crippen LogP contribution in [0.4, 0.5) is 0 Å². The molecule has 0 bridgehead atoms. The van der Waals surface area contributed by atoms with Gasteiger partial charge < -0.3 is 19.0 Å². The van der Waals surface area contributed by atoms with Crippen LogP contribution in [0.25, 0.3) is 11.0 Å². The molecule has 1 fully saturated rings. The van der Waals surface area contributed by atoms with E-state index in [1.54, 1.807) is 7.11 Å². The minimum absolute atomic E-state index is 0.279. The van der Waals surface area contributed by atoms with Gasteiger partial charge in [-0.25, -0.2) is 0 Å². The van der Waals surface area contributed by atoms with Crippen molar-refractivity contribution < 1.29 is 9.47 Å². The summed E-state index contributed by atoms with van der Waals surface area (Å²) in [5, 5.41) is 0. The summed E-state index contributed by atoms with van der Waals surface area (Å²) in [4.78, 5) is 3.23. The third-order valence-electron chi connectivity index (χ3n) is 3.64. The van der Waals surface area contributed by atoms with Gasteiger partial charge in [-0.2, -0.15) is 0 Å². The molecular formula is C14H18N2O2S. The van der Waals surface area contributed by atoms with Crippen LogP contribution in [0.2, 0.25) is 0 Å². The fraction of sp³-hybridized carbons (Fsp3) is 0.500. The Bertz CT molecular complexity index is 626. The van der Waals surface area contributed by atoms with Gasteiger partial charge >= 0.3 is 0 Å². The van der Waals surface area contributed by atoms with Crippen LogP contribution >= 0.6 is 12.2 Å². The number of aromatic nitrogens is 2. The quantitative estimate of drug-likeness (QED) is 0.876. The molecule has 1 unspecified atom stereocenters. The molecule has 1 aromatic carbocycles. The van der Waals surface area contributed by atoms with Crippen molar-refractivity contribution in [3.63, 3.8) is 0 Å². The lowest BCUT2D eigenvalue weighted by atomic mass is 10.1. The van der Waals surface area contributed by atoms with Crippen molar-refractivity contribution in [3.8, 4) is 5.75 Å². The van der Waals surface area contributed by atoms with Crippen LogP contribution in [-0.4, -0.2) is 29.4 Å². The van der Waals surface area contributed by atoms with Crippen LogP contribution < -0.4 is 4.74 Å². The minimum atomic E-state index is 0.279. The molecule has 1 aliphatic rings. The van der Waals surface area contributed by atoms with E-state index in [-0.39, 0.29) is 6.10 Å². The van der Waals surface area contributed by atoms with Gasteiger partial charge in [-0.15, -0.1) is 0 Å². The molecule has 2 aromatic rings. The van der Waals surface area contributed by atoms with Crippen molar-refractivity contribution >= 4 is 23.3 Å². The summed E-state index contributed by atoms with van der Waals surface area (Å²) in [5.74, 6) is 0.838. The van der Waals surface area contributed by atoms with Crippen molar-refractivity contribution in [2.75, 3.05) is 13.7 Å². The largest absolute Gasteiger partial charge is 0.497 e. The molecule has 0 aliphatic carbocycles. The molecule has 0 radical (unpaired) electrons. The molecule has 0 spiro atoms. The summed E-state index contributed by atoms with van der Waals surface area (Å²) >= 11 is 5.41. The molecule has 1 saturated heterocycles. The van der Waals surface area contributed by atoms with Crippen LogP contribution in [0.1, 0.15) is 19.3 Å². The average Bonchev–Trinajstić information content (AvgIpc) is 2.75. The van der Waals surface area contributed by atoms with Gasteiger partial charge in [0.2, 0.25) is 0 Å². The lowest BCUT2D eigenvalue weighted by molar-refractivity contribution is 0.00641. The van der Waals surface area contributed by atoms with Crippen molar-refractivity contribution in [1.29, 1.82) is 0 Å². The highest BCUT2D eigenvalue weighted by molar-refractivity contribution is 7.71. The number of hydrogen-bond acceptors (Lipinski definition) is 3. The number of H-pyrrole nitrogens is 1. The fourth-order valence-electron chi connectivity index (χ4n) is 2.61. The first-order chi connectivity index (χ1) is 9.28. The van der Waals surface area contributed by atoms with E-state index in [0.717, 1.165) is 41.1 Å². The maximum absolute atomic E-state index is 5.79. The van der Waals surface area contributed by atoms with E-state index in [1.807, 2.05) is 18.2 Å². The Labute approximate surface area is 117 Å². The van der Waals surface area contributed by atoms with Gasteiger partial charge in [0.1, 0.15) is 5.75 Å². The van der Waals surface area contributed by atoms with E-state index in [1.165, 1.54) is 12.8 Å². The second-order valence-corrected chi connectivity index (χ2v) is 5.30. The van der Waals surface area contributed by atoms with E-state index < -0.39 is 0 Å². The number of aromatic amines is 1. The third-order valence-corrected chi connectivity index (χ3v) is 3.96. The number of hydrogen-bond donors (Lipinski definition) is 1. The molecule has 4 nitrogen and oxygen atoms in total. The first-order valence-corrected chi connectivity index (χ1v) is 7.07. The molecule has 19 heavy (non-hydrogen) atoms. The predicted molar refractivity (Wildman–Crippen MR) is 77.3 cm³/mol. The Morgan fingerprint density at radius 2 is 2.37 bits per heavy atom. The van der Waals surface area contributed by atoms with Crippen molar-refractivity contribution in [1.82, 2.24) is 9.55 Å². The second kappa shape index (κ2) is 5.35. The first-order valence-electron chi connectivity index (χ1n) is 6.66. The van der Waals surface area contributed by atoms with E-state index >= 15 is 0 Å². The molecule has 102 valence electrons. The molecule has 2 heterocycles. The van der Waals surface area contributed by atoms with Crippen molar-refractivity contribution in [2.24, 2.45) is 0 Å². The fourth-order valence-corrected chi connectivity index (χ4v) is 2.89. The van der Waals surface area contributed by atoms with E-state index in [4.69, 9.17) is 21.7 Å². The molecule has 1 aromatic heterocycles. The smallest absolute Gasteiger partial charge is 0.178 e. The maximum atomic E-state index is 5.79. The zero-order chi connectivity index (χ0) is 13.2. The highest BCUT2D eigenvalue weighted by Gasteiger charge is 2.16. The Kier molecular flexibility index (Phi) is 3.57. The van der Waals surface area contributed by atoms with E-state index in [9.17, 15) is 0 Å². The third kappa shape index (κ3) is 2.53. The highest BCUT2D eigenvalue weighted by atomic mass is 32.1. The van der Waals surface area contributed by atoms with Gasteiger partial charge in [-0.1, -0.05) is 0 Å². The van der Waals surface area contributed by atoms with Gasteiger partial charge in [0, 0.05) is 12.7 Å². The minimum Gasteiger partial charge on any atom is -0.497 e. The second-order valence-electron chi connectivity index (χ2n) is 4.91. The SMILES string of the molecule is COc1ccc2c(c1)[nH]c(=S)n2CC1CCCCO1. The summed E-state index contributed by atoms with van der Waals surface area (Å²) in [6.07, 6.45) is 3.81. The monoisotopic (exact) mass is 278 g/mol. The number of nitrogens with zero attached hydrogens (tertiary/aromatic N) is 1. The van der Waals surface area contributed by atoms with Crippen molar-refractivity contribution in [3.05, 3.63) is 23.0 Å². The Morgan fingerprint density at radius 3 is 3.11 bits per heavy atom. The summed E-state index contributed by atoms with van der Waals surface area (Å²) in [7, 11) is 1.67. The number of rotatable bonds is 3. The zero-order valence-corrected chi connectivity index (χ0v) is 11.8. The molecule has 0 saturated carbocycles. The molecule has 1 aliphatic heterocycles. The molecule has 1 atom stereocenters. The van der Waals surface area contributed by atoms with Gasteiger partial charge in [-0.3, -0.25) is 0 Å². The average molecular weight is 278 g/mol. The normalized spacial score (nSPS) is 19.7. The molecule has 5 heteroatoms. The number of methoxy groups -OCH3 is 1. The van der Waals surface area contributed by atoms with Crippen LogP contribution in [0, 0.1) is 4.77 Å². The highest BCUT2D eigenvalue weighted by Crippen LogP contribution is 2.22. The summed E-state index contributed by atoms with van der Waals surface area (Å²) in [6, 6.07) is 5.98. The molecule has 0 amide bonds. The maximum Gasteiger partial charge on any atom is 0.178 e. The number of benzene rings is 1. The number of ether oxygens (including phenoxy) is 2. The zero-order valence-electron chi connectivity index (χ0n) is 11.0. The van der Waals surface area contributed by atoms with Gasteiger partial charge in [0.25, 0.3) is 0 Å². The first kappa shape index (κ1) is 12.7. The lowest BCUT2D eigenvalue weighted by Crippen LogP contribution is -2.24. The van der Waals surface area contributed by atoms with Gasteiger partial charge in [0.05, 0.1) is 30.8 Å². The lowest BCUT2D eigenvalue weighted by Gasteiger charge is -2.23. The number of nitrogens with one attached hydrogen (secondary N) is 1. The number of imidazole rings is 1. The topological polar surface area (TPSA) is 39.2 Å². The Morgan fingerprint density at radius 1 is 1.47 bits per heavy atom. The van der Waals surface area contributed by atoms with Gasteiger partial charge in [-0.05, 0) is 43.6 Å². The Balaban J connectivity index is 1.93. The molecule has 1 N–H and O–H groups in total. The molecular weight excluding hydrogens is 260 g/mol. The van der Waals surface area contributed by atoms with Crippen LogP contribution in [-0.2, 0) is 11.3 Å². The van der Waals surface area contributed by atoms with E-state index in [2.05, 4.69) is 9.55 Å². The molecule has 3 rings (SSSR count). The number of fused-ring (bicyclic) bond motifs is 1. The summed E-state index contributed by atoms with van der Waals surface area (Å²) < 4.78 is 13.9. The van der Waals surface area contributed by atoms with Crippen LogP contribution in [0.5, 0.6) is 5.75 Å². The summed E-state index contributed by atoms with van der Waals surface area (Å²) in [6.45, 7) is 1.69. The predicted octanol–water partition coefficient (Wildman–Crippen LogP) is 3.28. The standard InChI is InChI=1S/C14H18N2O2S/c1-17-10-5-6-13-12(8-10)15-14(19)16(13)9-11-4-2-3-7-18-11/h5-6,8,11H,2-4,7,9H2,1H3,(H,15,19). The van der Waals surface area contributed by atoms with Gasteiger partial charge in [0.15, 0.2) is 4.77 Å².